The van der Waals surface area contributed by atoms with Crippen LogP contribution in [-0.2, 0) is 27.4 Å². The van der Waals surface area contributed by atoms with Crippen molar-refractivity contribution in [2.75, 3.05) is 32.0 Å². The van der Waals surface area contributed by atoms with Crippen LogP contribution >= 0.6 is 0 Å². The van der Waals surface area contributed by atoms with Crippen LogP contribution < -0.4 is 10.6 Å². The van der Waals surface area contributed by atoms with E-state index in [9.17, 15) is 13.2 Å². The Balaban J connectivity index is 2.07. The summed E-state index contributed by atoms with van der Waals surface area (Å²) >= 11 is 0. The Bertz CT molecular complexity index is 952. The highest BCUT2D eigenvalue weighted by molar-refractivity contribution is 7.86. The van der Waals surface area contributed by atoms with Crippen LogP contribution in [0.4, 0.5) is 5.69 Å². The average molecular weight is 378 g/mol. The number of hydrogen-bond donors (Lipinski definition) is 1. The summed E-state index contributed by atoms with van der Waals surface area (Å²) < 4.78 is 28.3. The second-order valence-electron chi connectivity index (χ2n) is 6.65. The number of aromatic amines is 1. The molecule has 1 aromatic carbocycles. The molecule has 0 bridgehead atoms. The highest BCUT2D eigenvalue weighted by atomic mass is 32.2. The average Bonchev–Trinajstić information content (AvgIpc) is 2.55. The lowest BCUT2D eigenvalue weighted by Gasteiger charge is -2.29. The maximum Gasteiger partial charge on any atom is 0.285 e. The van der Waals surface area contributed by atoms with Crippen LogP contribution in [0.15, 0.2) is 29.1 Å². The van der Waals surface area contributed by atoms with Gasteiger partial charge in [0.15, 0.2) is 0 Å². The van der Waals surface area contributed by atoms with Crippen LogP contribution in [0.5, 0.6) is 0 Å². The van der Waals surface area contributed by atoms with E-state index in [1.165, 1.54) is 5.06 Å². The van der Waals surface area contributed by atoms with E-state index in [0.29, 0.717) is 36.3 Å². The van der Waals surface area contributed by atoms with Crippen LogP contribution in [0, 0.1) is 0 Å². The van der Waals surface area contributed by atoms with E-state index in [1.807, 2.05) is 38.4 Å². The molecule has 2 heterocycles. The molecule has 1 N–H and O–H groups in total. The lowest BCUT2D eigenvalue weighted by atomic mass is 10.00. The molecule has 0 saturated carbocycles. The van der Waals surface area contributed by atoms with Crippen molar-refractivity contribution >= 4 is 15.8 Å². The lowest BCUT2D eigenvalue weighted by Crippen LogP contribution is -2.35. The van der Waals surface area contributed by atoms with Gasteiger partial charge in [0.05, 0.1) is 6.26 Å². The molecule has 0 amide bonds. The zero-order valence-corrected chi connectivity index (χ0v) is 15.8. The standard InChI is InChI=1S/C17H22N4O4S/c1-20(2)11-12-6-8-13(9-7-12)15-16-14(17(22)19-18-15)5-4-10-21(16)25-26(3,23)24/h6-9H,4-5,10-11H2,1-3H3,(H,19,22). The first kappa shape index (κ1) is 18.6. The van der Waals surface area contributed by atoms with Crippen molar-refractivity contribution in [3.05, 3.63) is 45.7 Å². The number of benzene rings is 1. The third-order valence-corrected chi connectivity index (χ3v) is 4.49. The second-order valence-corrected chi connectivity index (χ2v) is 8.20. The largest absolute Gasteiger partial charge is 0.305 e. The smallest absolute Gasteiger partial charge is 0.285 e. The monoisotopic (exact) mass is 378 g/mol. The fourth-order valence-corrected chi connectivity index (χ4v) is 3.54. The van der Waals surface area contributed by atoms with Crippen molar-refractivity contribution in [3.8, 4) is 11.3 Å². The molecule has 0 radical (unpaired) electrons. The third kappa shape index (κ3) is 4.12. The highest BCUT2D eigenvalue weighted by Crippen LogP contribution is 2.34. The molecular weight excluding hydrogens is 356 g/mol. The van der Waals surface area contributed by atoms with E-state index < -0.39 is 10.1 Å². The van der Waals surface area contributed by atoms with E-state index in [4.69, 9.17) is 4.28 Å². The normalized spacial score (nSPS) is 14.5. The first-order valence-electron chi connectivity index (χ1n) is 8.27. The Labute approximate surface area is 152 Å². The van der Waals surface area contributed by atoms with Gasteiger partial charge in [-0.25, -0.2) is 10.2 Å². The Morgan fingerprint density at radius 3 is 2.58 bits per heavy atom. The lowest BCUT2D eigenvalue weighted by molar-refractivity contribution is 0.277. The molecule has 140 valence electrons. The SMILES string of the molecule is CN(C)Cc1ccc(-c2n[nH]c(=O)c3c2N(OS(C)(=O)=O)CCC3)cc1. The maximum atomic E-state index is 12.2. The number of H-pyrrole nitrogens is 1. The minimum Gasteiger partial charge on any atom is -0.305 e. The van der Waals surface area contributed by atoms with Crippen LogP contribution in [0.2, 0.25) is 0 Å². The molecule has 1 aliphatic heterocycles. The van der Waals surface area contributed by atoms with Crippen molar-refractivity contribution in [1.82, 2.24) is 15.1 Å². The van der Waals surface area contributed by atoms with Gasteiger partial charge in [-0.15, -0.1) is 4.28 Å². The van der Waals surface area contributed by atoms with Crippen molar-refractivity contribution < 1.29 is 12.7 Å². The summed E-state index contributed by atoms with van der Waals surface area (Å²) in [6, 6.07) is 7.79. The van der Waals surface area contributed by atoms with Crippen molar-refractivity contribution in [1.29, 1.82) is 0 Å². The minimum atomic E-state index is -3.72. The van der Waals surface area contributed by atoms with Gasteiger partial charge in [0.25, 0.3) is 15.7 Å². The molecule has 2 aromatic rings. The maximum absolute atomic E-state index is 12.2. The Morgan fingerprint density at radius 1 is 1.27 bits per heavy atom. The fraction of sp³-hybridized carbons (Fsp3) is 0.412. The van der Waals surface area contributed by atoms with Gasteiger partial charge in [0.2, 0.25) is 0 Å². The quantitative estimate of drug-likeness (QED) is 0.833. The van der Waals surface area contributed by atoms with E-state index in [0.717, 1.165) is 23.9 Å². The first-order valence-corrected chi connectivity index (χ1v) is 10.1. The molecule has 3 rings (SSSR count). The van der Waals surface area contributed by atoms with Gasteiger partial charge in [-0.2, -0.15) is 13.5 Å². The number of aromatic nitrogens is 2. The molecule has 1 aliphatic rings. The van der Waals surface area contributed by atoms with E-state index >= 15 is 0 Å². The number of anilines is 1. The van der Waals surface area contributed by atoms with E-state index in [1.54, 1.807) is 0 Å². The number of rotatable bonds is 5. The molecule has 0 fully saturated rings. The van der Waals surface area contributed by atoms with Crippen LogP contribution in [-0.4, -0.2) is 50.4 Å². The molecule has 8 nitrogen and oxygen atoms in total. The second kappa shape index (κ2) is 7.18. The Kier molecular flexibility index (Phi) is 5.12. The zero-order chi connectivity index (χ0) is 18.9. The van der Waals surface area contributed by atoms with Gasteiger partial charge in [0, 0.05) is 24.2 Å². The molecular formula is C17H22N4O4S. The summed E-state index contributed by atoms with van der Waals surface area (Å²) in [4.78, 5) is 14.2. The first-order chi connectivity index (χ1) is 12.2. The predicted octanol–water partition coefficient (Wildman–Crippen LogP) is 1.14. The number of nitrogens with one attached hydrogen (secondary N) is 1. The summed E-state index contributed by atoms with van der Waals surface area (Å²) in [7, 11) is 0.270. The molecule has 9 heteroatoms. The van der Waals surface area contributed by atoms with Crippen molar-refractivity contribution in [3.63, 3.8) is 0 Å². The van der Waals surface area contributed by atoms with E-state index in [2.05, 4.69) is 15.1 Å². The Morgan fingerprint density at radius 2 is 1.96 bits per heavy atom. The summed E-state index contributed by atoms with van der Waals surface area (Å²) in [5.41, 5.74) is 3.01. The van der Waals surface area contributed by atoms with Gasteiger partial charge in [0.1, 0.15) is 11.4 Å². The van der Waals surface area contributed by atoms with Gasteiger partial charge < -0.3 is 4.90 Å². The molecule has 1 aromatic heterocycles. The Hall–Kier alpha value is -2.23. The third-order valence-electron chi connectivity index (χ3n) is 4.04. The van der Waals surface area contributed by atoms with Gasteiger partial charge in [-0.3, -0.25) is 4.79 Å². The summed E-state index contributed by atoms with van der Waals surface area (Å²) in [5, 5.41) is 7.94. The van der Waals surface area contributed by atoms with Gasteiger partial charge in [-0.1, -0.05) is 24.3 Å². The number of hydroxylamine groups is 1. The number of hydrogen-bond acceptors (Lipinski definition) is 7. The van der Waals surface area contributed by atoms with Gasteiger partial charge in [-0.05, 0) is 32.5 Å². The topological polar surface area (TPSA) is 95.6 Å². The van der Waals surface area contributed by atoms with Crippen LogP contribution in [0.25, 0.3) is 11.3 Å². The zero-order valence-electron chi connectivity index (χ0n) is 15.0. The van der Waals surface area contributed by atoms with Gasteiger partial charge >= 0.3 is 0 Å². The molecule has 26 heavy (non-hydrogen) atoms. The minimum absolute atomic E-state index is 0.324. The fourth-order valence-electron chi connectivity index (χ4n) is 3.06. The van der Waals surface area contributed by atoms with Crippen molar-refractivity contribution in [2.24, 2.45) is 0 Å². The number of nitrogens with zero attached hydrogens (tertiary/aromatic N) is 3. The highest BCUT2D eigenvalue weighted by Gasteiger charge is 2.28. The predicted molar refractivity (Wildman–Crippen MR) is 99.3 cm³/mol. The van der Waals surface area contributed by atoms with Crippen LogP contribution in [0.3, 0.4) is 0 Å². The molecule has 0 spiro atoms. The molecule has 0 unspecified atom stereocenters. The van der Waals surface area contributed by atoms with Crippen molar-refractivity contribution in [2.45, 2.75) is 19.4 Å². The number of fused-ring (bicyclic) bond motifs is 1. The van der Waals surface area contributed by atoms with E-state index in [-0.39, 0.29) is 5.56 Å². The van der Waals surface area contributed by atoms with Crippen LogP contribution in [0.1, 0.15) is 17.5 Å². The molecule has 0 saturated heterocycles. The molecule has 0 aliphatic carbocycles. The summed E-state index contributed by atoms with van der Waals surface area (Å²) in [6.07, 6.45) is 2.15. The molecule has 0 atom stereocenters. The summed E-state index contributed by atoms with van der Waals surface area (Å²) in [5.74, 6) is 0. The summed E-state index contributed by atoms with van der Waals surface area (Å²) in [6.45, 7) is 1.18.